The Kier molecular flexibility index (Phi) is 2.09. The molecule has 0 saturated heterocycles. The van der Waals surface area contributed by atoms with Crippen LogP contribution in [0.15, 0.2) is 59.8 Å². The molecule has 13 heavy (non-hydrogen) atoms. The van der Waals surface area contributed by atoms with Crippen LogP contribution in [-0.4, -0.2) is 6.29 Å². The Morgan fingerprint density at radius 3 is 2.85 bits per heavy atom. The molecule has 2 aliphatic carbocycles. The van der Waals surface area contributed by atoms with Gasteiger partial charge < -0.3 is 4.79 Å². The van der Waals surface area contributed by atoms with Crippen LogP contribution >= 0.6 is 0 Å². The second-order valence-electron chi connectivity index (χ2n) is 3.03. The first kappa shape index (κ1) is 7.99. The van der Waals surface area contributed by atoms with E-state index in [1.54, 1.807) is 0 Å². The number of hydrogen-bond acceptors (Lipinski definition) is 1. The van der Waals surface area contributed by atoms with Crippen molar-refractivity contribution >= 4 is 6.29 Å². The van der Waals surface area contributed by atoms with Crippen LogP contribution in [0.5, 0.6) is 0 Å². The molecule has 0 saturated carbocycles. The smallest absolute Gasteiger partial charge is 0.131 e. The van der Waals surface area contributed by atoms with Crippen LogP contribution in [0.2, 0.25) is 0 Å². The summed E-state index contributed by atoms with van der Waals surface area (Å²) in [5.41, 5.74) is 2.21. The molecule has 1 heteroatoms. The minimum Gasteiger partial charge on any atom is -0.302 e. The van der Waals surface area contributed by atoms with Gasteiger partial charge in [-0.15, -0.1) is 0 Å². The van der Waals surface area contributed by atoms with E-state index in [1.807, 2.05) is 48.6 Å². The van der Waals surface area contributed by atoms with Crippen molar-refractivity contribution in [2.75, 3.05) is 0 Å². The van der Waals surface area contributed by atoms with Crippen molar-refractivity contribution in [3.8, 4) is 0 Å². The number of carbonyl (C=O) groups excluding carboxylic acids is 1. The average Bonchev–Trinajstić information content (AvgIpc) is 2.41. The van der Waals surface area contributed by atoms with E-state index in [2.05, 4.69) is 0 Å². The van der Waals surface area contributed by atoms with E-state index >= 15 is 0 Å². The van der Waals surface area contributed by atoms with Gasteiger partial charge in [0, 0.05) is 0 Å². The van der Waals surface area contributed by atoms with Crippen LogP contribution in [0.3, 0.4) is 0 Å². The molecule has 2 aliphatic rings. The fraction of sp³-hybridized carbons (Fsp3) is 0.0833. The maximum Gasteiger partial charge on any atom is 0.131 e. The van der Waals surface area contributed by atoms with Gasteiger partial charge in [0.2, 0.25) is 0 Å². The molecule has 0 aromatic heterocycles. The normalized spacial score (nSPS) is 24.5. The first-order valence-corrected chi connectivity index (χ1v) is 4.31. The molecule has 2 rings (SSSR count). The first-order chi connectivity index (χ1) is 6.42. The van der Waals surface area contributed by atoms with E-state index in [9.17, 15) is 4.79 Å². The molecule has 0 amide bonds. The summed E-state index contributed by atoms with van der Waals surface area (Å²) in [6, 6.07) is 0. The summed E-state index contributed by atoms with van der Waals surface area (Å²) in [5, 5.41) is 0. The van der Waals surface area contributed by atoms with Crippen molar-refractivity contribution in [2.24, 2.45) is 5.92 Å². The van der Waals surface area contributed by atoms with Gasteiger partial charge in [-0.3, -0.25) is 0 Å². The van der Waals surface area contributed by atoms with Crippen LogP contribution < -0.4 is 0 Å². The third-order valence-corrected chi connectivity index (χ3v) is 2.21. The van der Waals surface area contributed by atoms with E-state index in [1.165, 1.54) is 0 Å². The number of rotatable bonds is 1. The van der Waals surface area contributed by atoms with Crippen molar-refractivity contribution < 1.29 is 4.79 Å². The Bertz CT molecular complexity index is 365. The summed E-state index contributed by atoms with van der Waals surface area (Å²) in [6.45, 7) is 0. The zero-order chi connectivity index (χ0) is 9.10. The quantitative estimate of drug-likeness (QED) is 0.552. The lowest BCUT2D eigenvalue weighted by Gasteiger charge is -2.14. The van der Waals surface area contributed by atoms with Gasteiger partial charge in [-0.25, -0.2) is 0 Å². The van der Waals surface area contributed by atoms with Crippen molar-refractivity contribution in [3.05, 3.63) is 59.8 Å². The summed E-state index contributed by atoms with van der Waals surface area (Å²) < 4.78 is 0. The van der Waals surface area contributed by atoms with Crippen LogP contribution in [0.1, 0.15) is 0 Å². The minimum absolute atomic E-state index is 0.0765. The lowest BCUT2D eigenvalue weighted by Crippen LogP contribution is -2.06. The van der Waals surface area contributed by atoms with E-state index in [0.717, 1.165) is 17.4 Å². The van der Waals surface area contributed by atoms with Crippen molar-refractivity contribution in [2.45, 2.75) is 0 Å². The monoisotopic (exact) mass is 170 g/mol. The predicted octanol–water partition coefficient (Wildman–Crippen LogP) is 2.35. The zero-order valence-corrected chi connectivity index (χ0v) is 7.18. The van der Waals surface area contributed by atoms with Gasteiger partial charge in [-0.05, 0) is 11.1 Å². The fourth-order valence-electron chi connectivity index (χ4n) is 1.53. The molecular formula is C12H10O. The van der Waals surface area contributed by atoms with E-state index in [0.29, 0.717) is 0 Å². The fourth-order valence-corrected chi connectivity index (χ4v) is 1.53. The van der Waals surface area contributed by atoms with E-state index < -0.39 is 0 Å². The van der Waals surface area contributed by atoms with Gasteiger partial charge in [0.1, 0.15) is 6.29 Å². The first-order valence-electron chi connectivity index (χ1n) is 4.31. The predicted molar refractivity (Wildman–Crippen MR) is 53.1 cm³/mol. The largest absolute Gasteiger partial charge is 0.302 e. The molecule has 0 N–H and O–H groups in total. The lowest BCUT2D eigenvalue weighted by molar-refractivity contribution is -0.109. The number of hydrogen-bond donors (Lipinski definition) is 0. The summed E-state index contributed by atoms with van der Waals surface area (Å²) in [4.78, 5) is 10.8. The van der Waals surface area contributed by atoms with Crippen LogP contribution in [-0.2, 0) is 4.79 Å². The zero-order valence-electron chi connectivity index (χ0n) is 7.18. The molecule has 1 unspecified atom stereocenters. The highest BCUT2D eigenvalue weighted by Crippen LogP contribution is 2.26. The SMILES string of the molecule is O=CC1C=CC=C2C=CC=CC=C21. The Balaban J connectivity index is 2.46. The number of carbonyl (C=O) groups is 1. The minimum atomic E-state index is -0.0765. The maximum atomic E-state index is 10.8. The van der Waals surface area contributed by atoms with Gasteiger partial charge in [0.25, 0.3) is 0 Å². The van der Waals surface area contributed by atoms with Crippen LogP contribution in [0.4, 0.5) is 0 Å². The summed E-state index contributed by atoms with van der Waals surface area (Å²) >= 11 is 0. The third-order valence-electron chi connectivity index (χ3n) is 2.21. The summed E-state index contributed by atoms with van der Waals surface area (Å²) in [5.74, 6) is -0.0765. The Labute approximate surface area is 77.5 Å². The molecule has 0 bridgehead atoms. The van der Waals surface area contributed by atoms with Crippen molar-refractivity contribution in [1.29, 1.82) is 0 Å². The summed E-state index contributed by atoms with van der Waals surface area (Å²) in [7, 11) is 0. The molecule has 0 aromatic carbocycles. The molecule has 0 radical (unpaired) electrons. The Hall–Kier alpha value is -1.63. The maximum absolute atomic E-state index is 10.8. The number of aldehydes is 1. The molecule has 64 valence electrons. The van der Waals surface area contributed by atoms with Gasteiger partial charge in [0.05, 0.1) is 5.92 Å². The van der Waals surface area contributed by atoms with Gasteiger partial charge in [-0.1, -0.05) is 48.6 Å². The highest BCUT2D eigenvalue weighted by Gasteiger charge is 2.15. The third kappa shape index (κ3) is 1.45. The average molecular weight is 170 g/mol. The topological polar surface area (TPSA) is 17.1 Å². The molecule has 1 nitrogen and oxygen atoms in total. The van der Waals surface area contributed by atoms with Crippen LogP contribution in [0.25, 0.3) is 0 Å². The molecular weight excluding hydrogens is 160 g/mol. The second-order valence-corrected chi connectivity index (χ2v) is 3.03. The molecule has 1 atom stereocenters. The van der Waals surface area contributed by atoms with Gasteiger partial charge >= 0.3 is 0 Å². The van der Waals surface area contributed by atoms with Crippen molar-refractivity contribution in [3.63, 3.8) is 0 Å². The van der Waals surface area contributed by atoms with Gasteiger partial charge in [0.15, 0.2) is 0 Å². The number of fused-ring (bicyclic) bond motifs is 1. The van der Waals surface area contributed by atoms with E-state index in [4.69, 9.17) is 0 Å². The number of allylic oxidation sites excluding steroid dienone is 10. The lowest BCUT2D eigenvalue weighted by atomic mass is 9.89. The standard InChI is InChI=1S/C12H10O/c13-9-11-7-4-6-10-5-2-1-3-8-12(10)11/h1-9,11H. The Morgan fingerprint density at radius 1 is 1.08 bits per heavy atom. The molecule has 0 fully saturated rings. The Morgan fingerprint density at radius 2 is 2.00 bits per heavy atom. The van der Waals surface area contributed by atoms with Gasteiger partial charge in [-0.2, -0.15) is 0 Å². The van der Waals surface area contributed by atoms with Crippen molar-refractivity contribution in [1.82, 2.24) is 0 Å². The summed E-state index contributed by atoms with van der Waals surface area (Å²) in [6.07, 6.45) is 16.8. The van der Waals surface area contributed by atoms with E-state index in [-0.39, 0.29) is 5.92 Å². The highest BCUT2D eigenvalue weighted by atomic mass is 16.1. The van der Waals surface area contributed by atoms with Crippen LogP contribution in [0, 0.1) is 5.92 Å². The molecule has 0 aromatic rings. The molecule has 0 heterocycles. The molecule has 0 spiro atoms. The highest BCUT2D eigenvalue weighted by molar-refractivity contribution is 5.69. The second kappa shape index (κ2) is 3.40. The molecule has 0 aliphatic heterocycles.